The molecule has 3 nitrogen and oxygen atoms in total. The lowest BCUT2D eigenvalue weighted by atomic mass is 10.0. The molecule has 1 atom stereocenters. The lowest BCUT2D eigenvalue weighted by molar-refractivity contribution is 0.592. The van der Waals surface area contributed by atoms with Crippen molar-refractivity contribution >= 4 is 21.3 Å². The van der Waals surface area contributed by atoms with Crippen LogP contribution in [0.2, 0.25) is 0 Å². The minimum absolute atomic E-state index is 0.138. The molecule has 0 N–H and O–H groups in total. The number of nitrogens with zero attached hydrogens (tertiary/aromatic N) is 1. The highest BCUT2D eigenvalue weighted by molar-refractivity contribution is 7.92. The fourth-order valence-corrected chi connectivity index (χ4v) is 3.81. The second kappa shape index (κ2) is 3.88. The van der Waals surface area contributed by atoms with Crippen molar-refractivity contribution in [3.63, 3.8) is 0 Å². The number of rotatable bonds is 2. The molecule has 0 saturated heterocycles. The van der Waals surface area contributed by atoms with Crippen molar-refractivity contribution < 1.29 is 8.42 Å². The molecule has 2 rings (SSSR count). The third-order valence-corrected chi connectivity index (χ3v) is 4.39. The minimum Gasteiger partial charge on any atom is -0.262 e. The summed E-state index contributed by atoms with van der Waals surface area (Å²) in [5.74, 6) is 0. The van der Waals surface area contributed by atoms with Gasteiger partial charge in [-0.25, -0.2) is 8.42 Å². The zero-order valence-electron chi connectivity index (χ0n) is 10.4. The molecule has 0 bridgehead atoms. The van der Waals surface area contributed by atoms with Gasteiger partial charge in [0.2, 0.25) is 10.0 Å². The summed E-state index contributed by atoms with van der Waals surface area (Å²) in [6, 6.07) is 5.68. The molecule has 0 radical (unpaired) electrons. The van der Waals surface area contributed by atoms with Gasteiger partial charge in [-0.15, -0.1) is 0 Å². The van der Waals surface area contributed by atoms with Crippen LogP contribution in [0.3, 0.4) is 0 Å². The first-order valence-corrected chi connectivity index (χ1v) is 7.51. The number of benzene rings is 1. The Morgan fingerprint density at radius 3 is 2.59 bits per heavy atom. The summed E-state index contributed by atoms with van der Waals surface area (Å²) >= 11 is 0. The van der Waals surface area contributed by atoms with Crippen LogP contribution >= 0.6 is 0 Å². The topological polar surface area (TPSA) is 37.4 Å². The van der Waals surface area contributed by atoms with E-state index in [9.17, 15) is 8.42 Å². The second-order valence-electron chi connectivity index (χ2n) is 4.48. The van der Waals surface area contributed by atoms with Gasteiger partial charge in [0.1, 0.15) is 0 Å². The smallest absolute Gasteiger partial charge is 0.232 e. The molecule has 1 aromatic carbocycles. The number of fused-ring (bicyclic) bond motifs is 1. The van der Waals surface area contributed by atoms with Crippen molar-refractivity contribution in [2.75, 3.05) is 10.6 Å². The Balaban J connectivity index is 2.73. The molecule has 0 spiro atoms. The Bertz CT molecular complexity index is 575. The minimum atomic E-state index is -3.26. The summed E-state index contributed by atoms with van der Waals surface area (Å²) in [6.07, 6.45) is 1.99. The number of para-hydroxylation sites is 1. The molecule has 1 unspecified atom stereocenters. The van der Waals surface area contributed by atoms with Gasteiger partial charge >= 0.3 is 0 Å². The third-order valence-electron chi connectivity index (χ3n) is 3.23. The Morgan fingerprint density at radius 2 is 2.06 bits per heavy atom. The van der Waals surface area contributed by atoms with Gasteiger partial charge in [-0.1, -0.05) is 31.7 Å². The van der Waals surface area contributed by atoms with E-state index in [1.54, 1.807) is 0 Å². The zero-order chi connectivity index (χ0) is 12.8. The van der Waals surface area contributed by atoms with Crippen LogP contribution in [0.4, 0.5) is 5.69 Å². The van der Waals surface area contributed by atoms with E-state index in [-0.39, 0.29) is 6.04 Å². The molecule has 0 saturated carbocycles. The van der Waals surface area contributed by atoms with Crippen LogP contribution in [0.15, 0.2) is 24.8 Å². The van der Waals surface area contributed by atoms with Gasteiger partial charge in [-0.3, -0.25) is 4.31 Å². The van der Waals surface area contributed by atoms with Crippen LogP contribution in [0.5, 0.6) is 0 Å². The molecule has 92 valence electrons. The van der Waals surface area contributed by atoms with Crippen molar-refractivity contribution in [1.82, 2.24) is 0 Å². The Morgan fingerprint density at radius 1 is 1.41 bits per heavy atom. The molecular weight excluding hydrogens is 234 g/mol. The van der Waals surface area contributed by atoms with E-state index in [4.69, 9.17) is 0 Å². The first-order chi connectivity index (χ1) is 7.88. The van der Waals surface area contributed by atoms with Crippen molar-refractivity contribution in [3.05, 3.63) is 35.9 Å². The standard InChI is InChI=1S/C13H17NO2S/c1-5-12-10(3)11-8-6-7-9(2)13(11)14(12)17(4,15)16/h6-8,12H,3,5H2,1-2,4H3. The summed E-state index contributed by atoms with van der Waals surface area (Å²) in [4.78, 5) is 0. The predicted molar refractivity (Wildman–Crippen MR) is 71.6 cm³/mol. The molecule has 1 aliphatic rings. The summed E-state index contributed by atoms with van der Waals surface area (Å²) in [5.41, 5.74) is 3.63. The van der Waals surface area contributed by atoms with E-state index >= 15 is 0 Å². The summed E-state index contributed by atoms with van der Waals surface area (Å²) < 4.78 is 25.4. The van der Waals surface area contributed by atoms with Gasteiger partial charge in [0.05, 0.1) is 18.0 Å². The van der Waals surface area contributed by atoms with E-state index in [2.05, 4.69) is 6.58 Å². The van der Waals surface area contributed by atoms with Gasteiger partial charge in [-0.2, -0.15) is 0 Å². The average molecular weight is 251 g/mol. The molecule has 1 aromatic rings. The highest BCUT2D eigenvalue weighted by atomic mass is 32.2. The first kappa shape index (κ1) is 12.2. The molecular formula is C13H17NO2S. The molecule has 0 aromatic heterocycles. The Kier molecular flexibility index (Phi) is 2.78. The van der Waals surface area contributed by atoms with E-state index < -0.39 is 10.0 Å². The maximum atomic E-state index is 11.9. The zero-order valence-corrected chi connectivity index (χ0v) is 11.2. The maximum absolute atomic E-state index is 11.9. The Labute approximate surface area is 103 Å². The number of aryl methyl sites for hydroxylation is 1. The monoisotopic (exact) mass is 251 g/mol. The summed E-state index contributed by atoms with van der Waals surface area (Å²) in [7, 11) is -3.26. The Hall–Kier alpha value is -1.29. The number of sulfonamides is 1. The molecule has 1 aliphatic heterocycles. The second-order valence-corrected chi connectivity index (χ2v) is 6.34. The van der Waals surface area contributed by atoms with Gasteiger partial charge in [-0.05, 0) is 24.5 Å². The first-order valence-electron chi connectivity index (χ1n) is 5.66. The maximum Gasteiger partial charge on any atom is 0.232 e. The fourth-order valence-electron chi connectivity index (χ4n) is 2.50. The number of anilines is 1. The largest absolute Gasteiger partial charge is 0.262 e. The van der Waals surface area contributed by atoms with Crippen LogP contribution in [0.1, 0.15) is 24.5 Å². The average Bonchev–Trinajstić information content (AvgIpc) is 2.53. The van der Waals surface area contributed by atoms with Crippen LogP contribution < -0.4 is 4.31 Å². The van der Waals surface area contributed by atoms with Crippen LogP contribution in [0, 0.1) is 6.92 Å². The highest BCUT2D eigenvalue weighted by Gasteiger charge is 2.37. The van der Waals surface area contributed by atoms with Crippen molar-refractivity contribution in [2.24, 2.45) is 0 Å². The van der Waals surface area contributed by atoms with Crippen LogP contribution in [-0.2, 0) is 10.0 Å². The van der Waals surface area contributed by atoms with Gasteiger partial charge in [0, 0.05) is 5.56 Å². The van der Waals surface area contributed by atoms with Crippen LogP contribution in [0.25, 0.3) is 5.57 Å². The molecule has 0 amide bonds. The van der Waals surface area contributed by atoms with E-state index in [0.717, 1.165) is 28.8 Å². The van der Waals surface area contributed by atoms with E-state index in [1.807, 2.05) is 32.0 Å². The lowest BCUT2D eigenvalue weighted by Crippen LogP contribution is -2.36. The SMILES string of the molecule is C=C1c2cccc(C)c2N(S(C)(=O)=O)C1CC. The summed E-state index contributed by atoms with van der Waals surface area (Å²) in [6.45, 7) is 7.96. The number of hydrogen-bond acceptors (Lipinski definition) is 2. The quantitative estimate of drug-likeness (QED) is 0.810. The lowest BCUT2D eigenvalue weighted by Gasteiger charge is -2.25. The highest BCUT2D eigenvalue weighted by Crippen LogP contribution is 2.43. The molecule has 17 heavy (non-hydrogen) atoms. The molecule has 0 fully saturated rings. The van der Waals surface area contributed by atoms with Crippen molar-refractivity contribution in [1.29, 1.82) is 0 Å². The normalized spacial score (nSPS) is 19.6. The van der Waals surface area contributed by atoms with Crippen molar-refractivity contribution in [2.45, 2.75) is 26.3 Å². The van der Waals surface area contributed by atoms with E-state index in [1.165, 1.54) is 10.6 Å². The summed E-state index contributed by atoms with van der Waals surface area (Å²) in [5, 5.41) is 0. The predicted octanol–water partition coefficient (Wildman–Crippen LogP) is 2.57. The van der Waals surface area contributed by atoms with Crippen molar-refractivity contribution in [3.8, 4) is 0 Å². The number of hydrogen-bond donors (Lipinski definition) is 0. The van der Waals surface area contributed by atoms with Crippen LogP contribution in [-0.4, -0.2) is 20.7 Å². The van der Waals surface area contributed by atoms with Gasteiger partial charge < -0.3 is 0 Å². The van der Waals surface area contributed by atoms with E-state index in [0.29, 0.717) is 0 Å². The van der Waals surface area contributed by atoms with Gasteiger partial charge in [0.25, 0.3) is 0 Å². The third kappa shape index (κ3) is 1.76. The van der Waals surface area contributed by atoms with Gasteiger partial charge in [0.15, 0.2) is 0 Å². The fraction of sp³-hybridized carbons (Fsp3) is 0.385. The molecule has 4 heteroatoms. The molecule has 1 heterocycles. The molecule has 0 aliphatic carbocycles.